The van der Waals surface area contributed by atoms with Crippen LogP contribution < -0.4 is 11.1 Å². The van der Waals surface area contributed by atoms with Crippen molar-refractivity contribution >= 4 is 11.9 Å². The SMILES string of the molecule is CCC(CC(=O)O)NC(=O)C1(CN)CCOCC1. The number of nitrogens with two attached hydrogens (primary N) is 1. The van der Waals surface area contributed by atoms with Gasteiger partial charge in [-0.1, -0.05) is 6.92 Å². The van der Waals surface area contributed by atoms with Gasteiger partial charge < -0.3 is 20.9 Å². The van der Waals surface area contributed by atoms with Crippen LogP contribution in [0.1, 0.15) is 32.6 Å². The molecule has 0 saturated carbocycles. The fraction of sp³-hybridized carbons (Fsp3) is 0.833. The van der Waals surface area contributed by atoms with Gasteiger partial charge in [-0.3, -0.25) is 9.59 Å². The highest BCUT2D eigenvalue weighted by Crippen LogP contribution is 2.29. The molecule has 1 heterocycles. The summed E-state index contributed by atoms with van der Waals surface area (Å²) in [6.07, 6.45) is 1.73. The summed E-state index contributed by atoms with van der Waals surface area (Å²) < 4.78 is 5.24. The van der Waals surface area contributed by atoms with Gasteiger partial charge in [-0.15, -0.1) is 0 Å². The molecule has 104 valence electrons. The van der Waals surface area contributed by atoms with Crippen LogP contribution in [0.2, 0.25) is 0 Å². The number of hydrogen-bond acceptors (Lipinski definition) is 4. The van der Waals surface area contributed by atoms with Crippen molar-refractivity contribution in [1.82, 2.24) is 5.32 Å². The lowest BCUT2D eigenvalue weighted by molar-refractivity contribution is -0.139. The van der Waals surface area contributed by atoms with Gasteiger partial charge >= 0.3 is 5.97 Å². The van der Waals surface area contributed by atoms with E-state index >= 15 is 0 Å². The summed E-state index contributed by atoms with van der Waals surface area (Å²) in [5, 5.41) is 11.6. The lowest BCUT2D eigenvalue weighted by Gasteiger charge is -2.35. The third kappa shape index (κ3) is 3.68. The van der Waals surface area contributed by atoms with E-state index in [-0.39, 0.29) is 24.9 Å². The molecule has 1 saturated heterocycles. The normalized spacial score (nSPS) is 20.1. The molecular weight excluding hydrogens is 236 g/mol. The molecule has 6 heteroatoms. The Labute approximate surface area is 107 Å². The molecule has 18 heavy (non-hydrogen) atoms. The minimum Gasteiger partial charge on any atom is -0.481 e. The molecular formula is C12H22N2O4. The average Bonchev–Trinajstić information content (AvgIpc) is 2.38. The standard InChI is InChI=1S/C12H22N2O4/c1-2-9(7-10(15)16)14-11(17)12(8-13)3-5-18-6-4-12/h9H,2-8,13H2,1H3,(H,14,17)(H,15,16). The molecule has 6 nitrogen and oxygen atoms in total. The highest BCUT2D eigenvalue weighted by molar-refractivity contribution is 5.83. The lowest BCUT2D eigenvalue weighted by Crippen LogP contribution is -2.52. The minimum atomic E-state index is -0.907. The number of ether oxygens (including phenoxy) is 1. The average molecular weight is 258 g/mol. The molecule has 0 aromatic carbocycles. The number of amides is 1. The summed E-state index contributed by atoms with van der Waals surface area (Å²) in [5.74, 6) is -1.04. The van der Waals surface area contributed by atoms with Crippen molar-refractivity contribution in [2.24, 2.45) is 11.1 Å². The Morgan fingerprint density at radius 1 is 1.44 bits per heavy atom. The molecule has 1 atom stereocenters. The number of aliphatic carboxylic acids is 1. The maximum atomic E-state index is 12.3. The van der Waals surface area contributed by atoms with E-state index in [1.54, 1.807) is 0 Å². The molecule has 1 amide bonds. The smallest absolute Gasteiger partial charge is 0.305 e. The number of carboxylic acid groups (broad SMARTS) is 1. The maximum Gasteiger partial charge on any atom is 0.305 e. The van der Waals surface area contributed by atoms with Gasteiger partial charge in [0.05, 0.1) is 11.8 Å². The number of carbonyl (C=O) groups excluding carboxylic acids is 1. The van der Waals surface area contributed by atoms with E-state index in [0.29, 0.717) is 32.5 Å². The largest absolute Gasteiger partial charge is 0.481 e. The number of nitrogens with one attached hydrogen (secondary N) is 1. The quantitative estimate of drug-likeness (QED) is 0.627. The Hall–Kier alpha value is -1.14. The third-order valence-electron chi connectivity index (χ3n) is 3.57. The highest BCUT2D eigenvalue weighted by atomic mass is 16.5. The minimum absolute atomic E-state index is 0.0562. The van der Waals surface area contributed by atoms with E-state index < -0.39 is 11.4 Å². The summed E-state index contributed by atoms with van der Waals surface area (Å²) in [5.41, 5.74) is 5.13. The highest BCUT2D eigenvalue weighted by Gasteiger charge is 2.39. The molecule has 1 fully saturated rings. The van der Waals surface area contributed by atoms with Crippen molar-refractivity contribution in [2.75, 3.05) is 19.8 Å². The second-order valence-corrected chi connectivity index (χ2v) is 4.77. The van der Waals surface area contributed by atoms with Gasteiger partial charge in [-0.2, -0.15) is 0 Å². The van der Waals surface area contributed by atoms with Crippen molar-refractivity contribution in [2.45, 2.75) is 38.6 Å². The molecule has 1 aliphatic rings. The Kier molecular flexibility index (Phi) is 5.55. The van der Waals surface area contributed by atoms with Crippen LogP contribution in [0.3, 0.4) is 0 Å². The first-order valence-electron chi connectivity index (χ1n) is 6.34. The third-order valence-corrected chi connectivity index (χ3v) is 3.57. The van der Waals surface area contributed by atoms with Crippen molar-refractivity contribution in [3.05, 3.63) is 0 Å². The fourth-order valence-corrected chi connectivity index (χ4v) is 2.13. The van der Waals surface area contributed by atoms with E-state index in [0.717, 1.165) is 0 Å². The van der Waals surface area contributed by atoms with Crippen LogP contribution in [-0.4, -0.2) is 42.8 Å². The second-order valence-electron chi connectivity index (χ2n) is 4.77. The number of carboxylic acids is 1. The monoisotopic (exact) mass is 258 g/mol. The Morgan fingerprint density at radius 3 is 2.50 bits per heavy atom. The van der Waals surface area contributed by atoms with Crippen LogP contribution in [0.4, 0.5) is 0 Å². The zero-order chi connectivity index (χ0) is 13.6. The van der Waals surface area contributed by atoms with E-state index in [1.807, 2.05) is 6.92 Å². The van der Waals surface area contributed by atoms with E-state index in [9.17, 15) is 9.59 Å². The maximum absolute atomic E-state index is 12.3. The first kappa shape index (κ1) is 14.9. The van der Waals surface area contributed by atoms with Gasteiger partial charge in [0.25, 0.3) is 0 Å². The van der Waals surface area contributed by atoms with E-state index in [2.05, 4.69) is 5.32 Å². The van der Waals surface area contributed by atoms with Gasteiger partial charge in [0.2, 0.25) is 5.91 Å². The van der Waals surface area contributed by atoms with Gasteiger partial charge in [-0.25, -0.2) is 0 Å². The van der Waals surface area contributed by atoms with Crippen LogP contribution in [0.15, 0.2) is 0 Å². The predicted molar refractivity (Wildman–Crippen MR) is 66.0 cm³/mol. The molecule has 0 spiro atoms. The number of carbonyl (C=O) groups is 2. The number of rotatable bonds is 6. The van der Waals surface area contributed by atoms with Crippen LogP contribution in [0.25, 0.3) is 0 Å². The van der Waals surface area contributed by atoms with Gasteiger partial charge in [0, 0.05) is 25.8 Å². The van der Waals surface area contributed by atoms with Crippen molar-refractivity contribution in [3.63, 3.8) is 0 Å². The van der Waals surface area contributed by atoms with Crippen molar-refractivity contribution in [3.8, 4) is 0 Å². The molecule has 1 unspecified atom stereocenters. The molecule has 1 aliphatic heterocycles. The number of hydrogen-bond donors (Lipinski definition) is 3. The molecule has 0 bridgehead atoms. The van der Waals surface area contributed by atoms with E-state index in [4.69, 9.17) is 15.6 Å². The van der Waals surface area contributed by atoms with Crippen LogP contribution in [0, 0.1) is 5.41 Å². The molecule has 0 aromatic heterocycles. The molecule has 0 radical (unpaired) electrons. The molecule has 0 aliphatic carbocycles. The first-order valence-corrected chi connectivity index (χ1v) is 6.34. The summed E-state index contributed by atoms with van der Waals surface area (Å²) >= 11 is 0. The lowest BCUT2D eigenvalue weighted by atomic mass is 9.79. The van der Waals surface area contributed by atoms with Crippen molar-refractivity contribution in [1.29, 1.82) is 0 Å². The van der Waals surface area contributed by atoms with Crippen LogP contribution in [-0.2, 0) is 14.3 Å². The molecule has 4 N–H and O–H groups in total. The Morgan fingerprint density at radius 2 is 2.06 bits per heavy atom. The van der Waals surface area contributed by atoms with Gasteiger partial charge in [-0.05, 0) is 19.3 Å². The predicted octanol–water partition coefficient (Wildman–Crippen LogP) is 0.111. The summed E-state index contributed by atoms with van der Waals surface area (Å²) in [6, 6.07) is -0.332. The fourth-order valence-electron chi connectivity index (χ4n) is 2.13. The zero-order valence-electron chi connectivity index (χ0n) is 10.8. The summed E-state index contributed by atoms with van der Waals surface area (Å²) in [7, 11) is 0. The van der Waals surface area contributed by atoms with E-state index in [1.165, 1.54) is 0 Å². The summed E-state index contributed by atoms with van der Waals surface area (Å²) in [6.45, 7) is 3.18. The molecule has 1 rings (SSSR count). The van der Waals surface area contributed by atoms with Crippen LogP contribution >= 0.6 is 0 Å². The van der Waals surface area contributed by atoms with Crippen molar-refractivity contribution < 1.29 is 19.4 Å². The van der Waals surface area contributed by atoms with Gasteiger partial charge in [0.15, 0.2) is 0 Å². The summed E-state index contributed by atoms with van der Waals surface area (Å²) in [4.78, 5) is 22.9. The Bertz CT molecular complexity index is 300. The zero-order valence-corrected chi connectivity index (χ0v) is 10.8. The van der Waals surface area contributed by atoms with Crippen LogP contribution in [0.5, 0.6) is 0 Å². The molecule has 0 aromatic rings. The first-order chi connectivity index (χ1) is 8.54. The Balaban J connectivity index is 2.63. The second kappa shape index (κ2) is 6.70. The van der Waals surface area contributed by atoms with Gasteiger partial charge in [0.1, 0.15) is 0 Å². The topological polar surface area (TPSA) is 102 Å².